The van der Waals surface area contributed by atoms with E-state index in [1.54, 1.807) is 0 Å². The third-order valence-corrected chi connectivity index (χ3v) is 5.57. The van der Waals surface area contributed by atoms with Crippen LogP contribution in [0.3, 0.4) is 0 Å². The molecule has 0 aromatic heterocycles. The van der Waals surface area contributed by atoms with Crippen LogP contribution in [0.2, 0.25) is 0 Å². The number of carbonyl (C=O) groups is 2. The minimum atomic E-state index is -0.0103. The molecule has 0 saturated carbocycles. The van der Waals surface area contributed by atoms with Gasteiger partial charge in [-0.05, 0) is 56.9 Å². The lowest BCUT2D eigenvalue weighted by molar-refractivity contribution is -0.134. The Hall–Kier alpha value is -2.62. The number of anilines is 1. The van der Waals surface area contributed by atoms with Gasteiger partial charge in [-0.1, -0.05) is 42.0 Å². The summed E-state index contributed by atoms with van der Waals surface area (Å²) in [6.07, 6.45) is 1.91. The SMILES string of the molecule is CCN(C(=O)C1CCN(C(=O)Cc2ccc(C)cc2)CC1)c1cccc(C)c1. The normalized spacial score (nSPS) is 14.8. The second-order valence-corrected chi connectivity index (χ2v) is 7.74. The van der Waals surface area contributed by atoms with Gasteiger partial charge in [0, 0.05) is 31.2 Å². The molecule has 0 unspecified atom stereocenters. The smallest absolute Gasteiger partial charge is 0.230 e. The molecular weight excluding hydrogens is 348 g/mol. The predicted octanol–water partition coefficient (Wildman–Crippen LogP) is 4.14. The molecule has 3 rings (SSSR count). The van der Waals surface area contributed by atoms with Crippen molar-refractivity contribution in [2.24, 2.45) is 5.92 Å². The van der Waals surface area contributed by atoms with Crippen molar-refractivity contribution in [1.82, 2.24) is 4.90 Å². The summed E-state index contributed by atoms with van der Waals surface area (Å²) in [5.74, 6) is 0.323. The van der Waals surface area contributed by atoms with Crippen LogP contribution in [-0.4, -0.2) is 36.3 Å². The van der Waals surface area contributed by atoms with Gasteiger partial charge in [-0.2, -0.15) is 0 Å². The fourth-order valence-corrected chi connectivity index (χ4v) is 3.85. The van der Waals surface area contributed by atoms with Gasteiger partial charge in [0.05, 0.1) is 6.42 Å². The quantitative estimate of drug-likeness (QED) is 0.785. The standard InChI is InChI=1S/C24H30N2O2/c1-4-26(22-7-5-6-19(3)16-22)24(28)21-12-14-25(15-13-21)23(27)17-20-10-8-18(2)9-11-20/h5-11,16,21H,4,12-15,17H2,1-3H3. The van der Waals surface area contributed by atoms with Crippen LogP contribution in [-0.2, 0) is 16.0 Å². The van der Waals surface area contributed by atoms with Gasteiger partial charge in [-0.25, -0.2) is 0 Å². The molecule has 28 heavy (non-hydrogen) atoms. The summed E-state index contributed by atoms with van der Waals surface area (Å²) >= 11 is 0. The zero-order chi connectivity index (χ0) is 20.1. The Kier molecular flexibility index (Phi) is 6.50. The number of nitrogens with zero attached hydrogens (tertiary/aromatic N) is 2. The molecule has 1 fully saturated rings. The predicted molar refractivity (Wildman–Crippen MR) is 113 cm³/mol. The molecule has 0 bridgehead atoms. The molecule has 148 valence electrons. The van der Waals surface area contributed by atoms with Gasteiger partial charge in [0.1, 0.15) is 0 Å². The Bertz CT molecular complexity index is 821. The molecule has 2 amide bonds. The molecule has 2 aromatic rings. The maximum Gasteiger partial charge on any atom is 0.230 e. The summed E-state index contributed by atoms with van der Waals surface area (Å²) in [5.41, 5.74) is 4.36. The van der Waals surface area contributed by atoms with E-state index in [0.717, 1.165) is 29.7 Å². The van der Waals surface area contributed by atoms with Crippen molar-refractivity contribution in [3.63, 3.8) is 0 Å². The zero-order valence-electron chi connectivity index (χ0n) is 17.1. The van der Waals surface area contributed by atoms with Gasteiger partial charge in [0.15, 0.2) is 0 Å². The Morgan fingerprint density at radius 1 is 1.00 bits per heavy atom. The van der Waals surface area contributed by atoms with Crippen LogP contribution in [0.25, 0.3) is 0 Å². The first-order chi connectivity index (χ1) is 13.5. The van der Waals surface area contributed by atoms with E-state index in [0.29, 0.717) is 26.1 Å². The fourth-order valence-electron chi connectivity index (χ4n) is 3.85. The van der Waals surface area contributed by atoms with Crippen molar-refractivity contribution in [3.8, 4) is 0 Å². The number of piperidine rings is 1. The lowest BCUT2D eigenvalue weighted by atomic mass is 9.94. The summed E-state index contributed by atoms with van der Waals surface area (Å²) in [4.78, 5) is 29.5. The Balaban J connectivity index is 1.57. The van der Waals surface area contributed by atoms with Crippen LogP contribution in [0.5, 0.6) is 0 Å². The summed E-state index contributed by atoms with van der Waals surface area (Å²) in [5, 5.41) is 0. The highest BCUT2D eigenvalue weighted by Crippen LogP contribution is 2.24. The van der Waals surface area contributed by atoms with Crippen LogP contribution in [0.4, 0.5) is 5.69 Å². The number of hydrogen-bond acceptors (Lipinski definition) is 2. The molecule has 1 heterocycles. The lowest BCUT2D eigenvalue weighted by Gasteiger charge is -2.34. The monoisotopic (exact) mass is 378 g/mol. The Morgan fingerprint density at radius 3 is 2.29 bits per heavy atom. The molecule has 4 nitrogen and oxygen atoms in total. The Morgan fingerprint density at radius 2 is 1.68 bits per heavy atom. The van der Waals surface area contributed by atoms with E-state index in [1.807, 2.05) is 73.0 Å². The van der Waals surface area contributed by atoms with Crippen molar-refractivity contribution in [2.75, 3.05) is 24.5 Å². The van der Waals surface area contributed by atoms with Crippen LogP contribution in [0.1, 0.15) is 36.5 Å². The van der Waals surface area contributed by atoms with Crippen molar-refractivity contribution < 1.29 is 9.59 Å². The molecule has 0 spiro atoms. The van der Waals surface area contributed by atoms with Gasteiger partial charge in [0.25, 0.3) is 0 Å². The number of carbonyl (C=O) groups excluding carboxylic acids is 2. The van der Waals surface area contributed by atoms with E-state index in [9.17, 15) is 9.59 Å². The topological polar surface area (TPSA) is 40.6 Å². The van der Waals surface area contributed by atoms with Crippen molar-refractivity contribution in [1.29, 1.82) is 0 Å². The third kappa shape index (κ3) is 4.80. The first-order valence-corrected chi connectivity index (χ1v) is 10.2. The molecule has 0 aliphatic carbocycles. The number of aryl methyl sites for hydroxylation is 2. The minimum Gasteiger partial charge on any atom is -0.342 e. The van der Waals surface area contributed by atoms with E-state index < -0.39 is 0 Å². The zero-order valence-corrected chi connectivity index (χ0v) is 17.1. The average molecular weight is 379 g/mol. The van der Waals surface area contributed by atoms with Crippen molar-refractivity contribution in [2.45, 2.75) is 40.0 Å². The van der Waals surface area contributed by atoms with Crippen molar-refractivity contribution in [3.05, 3.63) is 65.2 Å². The van der Waals surface area contributed by atoms with Gasteiger partial charge in [-0.3, -0.25) is 9.59 Å². The highest BCUT2D eigenvalue weighted by atomic mass is 16.2. The van der Waals surface area contributed by atoms with Crippen LogP contribution in [0.15, 0.2) is 48.5 Å². The molecule has 2 aromatic carbocycles. The summed E-state index contributed by atoms with van der Waals surface area (Å²) in [6.45, 7) is 8.08. The average Bonchev–Trinajstić information content (AvgIpc) is 2.70. The van der Waals surface area contributed by atoms with E-state index in [2.05, 4.69) is 6.07 Å². The number of likely N-dealkylation sites (tertiary alicyclic amines) is 1. The third-order valence-electron chi connectivity index (χ3n) is 5.57. The molecule has 1 saturated heterocycles. The van der Waals surface area contributed by atoms with Gasteiger partial charge >= 0.3 is 0 Å². The second kappa shape index (κ2) is 9.05. The van der Waals surface area contributed by atoms with E-state index in [4.69, 9.17) is 0 Å². The number of amides is 2. The lowest BCUT2D eigenvalue weighted by Crippen LogP contribution is -2.45. The van der Waals surface area contributed by atoms with Crippen LogP contribution in [0, 0.1) is 19.8 Å². The van der Waals surface area contributed by atoms with Crippen molar-refractivity contribution >= 4 is 17.5 Å². The largest absolute Gasteiger partial charge is 0.342 e. The van der Waals surface area contributed by atoms with Gasteiger partial charge in [0.2, 0.25) is 11.8 Å². The summed E-state index contributed by atoms with van der Waals surface area (Å²) < 4.78 is 0. The highest BCUT2D eigenvalue weighted by Gasteiger charge is 2.30. The number of hydrogen-bond donors (Lipinski definition) is 0. The van der Waals surface area contributed by atoms with Crippen LogP contribution < -0.4 is 4.90 Å². The molecule has 1 aliphatic heterocycles. The molecule has 0 atom stereocenters. The highest BCUT2D eigenvalue weighted by molar-refractivity contribution is 5.95. The molecular formula is C24H30N2O2. The van der Waals surface area contributed by atoms with Gasteiger partial charge in [-0.15, -0.1) is 0 Å². The minimum absolute atomic E-state index is 0.0103. The maximum absolute atomic E-state index is 13.1. The first kappa shape index (κ1) is 20.1. The second-order valence-electron chi connectivity index (χ2n) is 7.74. The Labute approximate surface area is 168 Å². The van der Waals surface area contributed by atoms with E-state index >= 15 is 0 Å². The first-order valence-electron chi connectivity index (χ1n) is 10.2. The van der Waals surface area contributed by atoms with E-state index in [-0.39, 0.29) is 17.7 Å². The molecule has 1 aliphatic rings. The van der Waals surface area contributed by atoms with E-state index in [1.165, 1.54) is 5.56 Å². The van der Waals surface area contributed by atoms with Gasteiger partial charge < -0.3 is 9.80 Å². The molecule has 0 radical (unpaired) electrons. The number of rotatable bonds is 5. The molecule has 4 heteroatoms. The summed E-state index contributed by atoms with van der Waals surface area (Å²) in [6, 6.07) is 16.2. The summed E-state index contributed by atoms with van der Waals surface area (Å²) in [7, 11) is 0. The number of benzene rings is 2. The van der Waals surface area contributed by atoms with Crippen LogP contribution >= 0.6 is 0 Å². The fraction of sp³-hybridized carbons (Fsp3) is 0.417. The molecule has 0 N–H and O–H groups in total. The maximum atomic E-state index is 13.1.